The maximum atomic E-state index is 5.97. The first-order chi connectivity index (χ1) is 8.10. The monoisotopic (exact) mass is 330 g/mol. The Labute approximate surface area is 118 Å². The SMILES string of the molecule is CCc1cc(Cl)nc(-c2ccc(Cl)cc2Br)n1. The van der Waals surface area contributed by atoms with Crippen molar-refractivity contribution < 1.29 is 0 Å². The van der Waals surface area contributed by atoms with E-state index in [4.69, 9.17) is 23.2 Å². The molecule has 0 saturated heterocycles. The highest BCUT2D eigenvalue weighted by Gasteiger charge is 2.09. The Hall–Kier alpha value is -0.640. The fourth-order valence-corrected chi connectivity index (χ4v) is 2.50. The van der Waals surface area contributed by atoms with E-state index in [1.54, 1.807) is 12.1 Å². The number of nitrogens with zero attached hydrogens (tertiary/aromatic N) is 2. The smallest absolute Gasteiger partial charge is 0.162 e. The zero-order chi connectivity index (χ0) is 12.4. The van der Waals surface area contributed by atoms with Crippen LogP contribution in [0.1, 0.15) is 12.6 Å². The Kier molecular flexibility index (Phi) is 4.02. The fraction of sp³-hybridized carbons (Fsp3) is 0.167. The summed E-state index contributed by atoms with van der Waals surface area (Å²) in [5.74, 6) is 0.609. The van der Waals surface area contributed by atoms with Crippen LogP contribution in [0.5, 0.6) is 0 Å². The molecule has 17 heavy (non-hydrogen) atoms. The molecule has 5 heteroatoms. The van der Waals surface area contributed by atoms with Gasteiger partial charge in [0.05, 0.1) is 0 Å². The highest BCUT2D eigenvalue weighted by Crippen LogP contribution is 2.29. The van der Waals surface area contributed by atoms with Crippen LogP contribution in [0.3, 0.4) is 0 Å². The van der Waals surface area contributed by atoms with E-state index in [1.807, 2.05) is 19.1 Å². The number of aryl methyl sites for hydroxylation is 1. The summed E-state index contributed by atoms with van der Waals surface area (Å²) in [6.07, 6.45) is 0.820. The average Bonchev–Trinajstić information content (AvgIpc) is 2.28. The Bertz CT molecular complexity index is 558. The van der Waals surface area contributed by atoms with Crippen molar-refractivity contribution in [1.29, 1.82) is 0 Å². The number of hydrogen-bond acceptors (Lipinski definition) is 2. The minimum absolute atomic E-state index is 0.453. The summed E-state index contributed by atoms with van der Waals surface area (Å²) in [5, 5.41) is 1.12. The molecule has 0 radical (unpaired) electrons. The molecule has 2 rings (SSSR count). The van der Waals surface area contributed by atoms with Crippen molar-refractivity contribution in [1.82, 2.24) is 9.97 Å². The second-order valence-electron chi connectivity index (χ2n) is 3.48. The third-order valence-corrected chi connectivity index (χ3v) is 3.37. The van der Waals surface area contributed by atoms with E-state index in [2.05, 4.69) is 25.9 Å². The summed E-state index contributed by atoms with van der Waals surface area (Å²) in [4.78, 5) is 8.67. The zero-order valence-electron chi connectivity index (χ0n) is 9.04. The Morgan fingerprint density at radius 3 is 2.59 bits per heavy atom. The summed E-state index contributed by atoms with van der Waals surface area (Å²) in [5.41, 5.74) is 1.80. The van der Waals surface area contributed by atoms with E-state index < -0.39 is 0 Å². The van der Waals surface area contributed by atoms with Crippen molar-refractivity contribution >= 4 is 39.1 Å². The summed E-state index contributed by atoms with van der Waals surface area (Å²) in [7, 11) is 0. The van der Waals surface area contributed by atoms with Crippen molar-refractivity contribution in [3.63, 3.8) is 0 Å². The largest absolute Gasteiger partial charge is 0.233 e. The van der Waals surface area contributed by atoms with Gasteiger partial charge in [-0.3, -0.25) is 0 Å². The quantitative estimate of drug-likeness (QED) is 0.740. The lowest BCUT2D eigenvalue weighted by Crippen LogP contribution is -1.95. The normalized spacial score (nSPS) is 10.6. The molecule has 0 spiro atoms. The van der Waals surface area contributed by atoms with Crippen LogP contribution in [0, 0.1) is 0 Å². The van der Waals surface area contributed by atoms with Crippen molar-refractivity contribution in [3.8, 4) is 11.4 Å². The maximum absolute atomic E-state index is 5.97. The number of rotatable bonds is 2. The number of halogens is 3. The van der Waals surface area contributed by atoms with Crippen LogP contribution >= 0.6 is 39.1 Å². The van der Waals surface area contributed by atoms with Gasteiger partial charge < -0.3 is 0 Å². The lowest BCUT2D eigenvalue weighted by atomic mass is 10.2. The van der Waals surface area contributed by atoms with Crippen LogP contribution in [0.15, 0.2) is 28.7 Å². The molecule has 0 fully saturated rings. The molecule has 1 heterocycles. The first-order valence-corrected chi connectivity index (χ1v) is 6.64. The summed E-state index contributed by atoms with van der Waals surface area (Å²) in [6, 6.07) is 7.26. The van der Waals surface area contributed by atoms with Gasteiger partial charge >= 0.3 is 0 Å². The van der Waals surface area contributed by atoms with Gasteiger partial charge in [-0.15, -0.1) is 0 Å². The van der Waals surface area contributed by atoms with Crippen LogP contribution in [-0.2, 0) is 6.42 Å². The average molecular weight is 332 g/mol. The van der Waals surface area contributed by atoms with Crippen LogP contribution in [0.2, 0.25) is 10.2 Å². The minimum Gasteiger partial charge on any atom is -0.233 e. The molecule has 0 N–H and O–H groups in total. The molecule has 0 atom stereocenters. The first-order valence-electron chi connectivity index (χ1n) is 5.09. The van der Waals surface area contributed by atoms with Gasteiger partial charge in [0.25, 0.3) is 0 Å². The number of aromatic nitrogens is 2. The topological polar surface area (TPSA) is 25.8 Å². The highest BCUT2D eigenvalue weighted by molar-refractivity contribution is 9.10. The Morgan fingerprint density at radius 2 is 1.94 bits per heavy atom. The molecule has 1 aromatic heterocycles. The molecule has 1 aromatic carbocycles. The number of benzene rings is 1. The molecule has 2 aromatic rings. The summed E-state index contributed by atoms with van der Waals surface area (Å²) >= 11 is 15.3. The van der Waals surface area contributed by atoms with Gasteiger partial charge in [-0.1, -0.05) is 30.1 Å². The van der Waals surface area contributed by atoms with Crippen LogP contribution in [-0.4, -0.2) is 9.97 Å². The zero-order valence-corrected chi connectivity index (χ0v) is 12.1. The molecule has 0 unspecified atom stereocenters. The van der Waals surface area contributed by atoms with E-state index >= 15 is 0 Å². The van der Waals surface area contributed by atoms with Crippen molar-refractivity contribution in [2.45, 2.75) is 13.3 Å². The van der Waals surface area contributed by atoms with Gasteiger partial charge in [-0.05, 0) is 46.6 Å². The van der Waals surface area contributed by atoms with Crippen molar-refractivity contribution in [2.24, 2.45) is 0 Å². The van der Waals surface area contributed by atoms with Crippen LogP contribution in [0.25, 0.3) is 11.4 Å². The van der Waals surface area contributed by atoms with E-state index in [0.717, 1.165) is 22.2 Å². The van der Waals surface area contributed by atoms with E-state index in [0.29, 0.717) is 16.0 Å². The Morgan fingerprint density at radius 1 is 1.18 bits per heavy atom. The van der Waals surface area contributed by atoms with E-state index in [1.165, 1.54) is 0 Å². The molecule has 0 saturated carbocycles. The molecule has 88 valence electrons. The van der Waals surface area contributed by atoms with Gasteiger partial charge in [0, 0.05) is 20.8 Å². The third-order valence-electron chi connectivity index (χ3n) is 2.28. The van der Waals surface area contributed by atoms with Crippen molar-refractivity contribution in [3.05, 3.63) is 44.6 Å². The lowest BCUT2D eigenvalue weighted by molar-refractivity contribution is 1.00. The molecular weight excluding hydrogens is 323 g/mol. The van der Waals surface area contributed by atoms with E-state index in [-0.39, 0.29) is 0 Å². The second-order valence-corrected chi connectivity index (χ2v) is 5.16. The molecule has 2 nitrogen and oxygen atoms in total. The first kappa shape index (κ1) is 12.8. The lowest BCUT2D eigenvalue weighted by Gasteiger charge is -2.06. The summed E-state index contributed by atoms with van der Waals surface area (Å²) < 4.78 is 0.856. The predicted molar refractivity (Wildman–Crippen MR) is 74.6 cm³/mol. The van der Waals surface area contributed by atoms with Gasteiger partial charge in [-0.2, -0.15) is 0 Å². The van der Waals surface area contributed by atoms with Crippen molar-refractivity contribution in [2.75, 3.05) is 0 Å². The second kappa shape index (κ2) is 5.34. The minimum atomic E-state index is 0.453. The van der Waals surface area contributed by atoms with Gasteiger partial charge in [0.1, 0.15) is 5.15 Å². The molecule has 0 amide bonds. The van der Waals surface area contributed by atoms with Gasteiger partial charge in [0.2, 0.25) is 0 Å². The maximum Gasteiger partial charge on any atom is 0.162 e. The van der Waals surface area contributed by atoms with Crippen LogP contribution in [0.4, 0.5) is 0 Å². The molecule has 0 aliphatic heterocycles. The fourth-order valence-electron chi connectivity index (χ4n) is 1.44. The standard InChI is InChI=1S/C12H9BrCl2N2/c1-2-8-6-11(15)17-12(16-8)9-4-3-7(14)5-10(9)13/h3-6H,2H2,1H3. The van der Waals surface area contributed by atoms with Crippen LogP contribution < -0.4 is 0 Å². The molecule has 0 aliphatic rings. The molecule has 0 bridgehead atoms. The third kappa shape index (κ3) is 2.97. The summed E-state index contributed by atoms with van der Waals surface area (Å²) in [6.45, 7) is 2.03. The van der Waals surface area contributed by atoms with Gasteiger partial charge in [-0.25, -0.2) is 9.97 Å². The Balaban J connectivity index is 2.55. The van der Waals surface area contributed by atoms with Gasteiger partial charge in [0.15, 0.2) is 5.82 Å². The van der Waals surface area contributed by atoms with E-state index in [9.17, 15) is 0 Å². The number of hydrogen-bond donors (Lipinski definition) is 0. The molecular formula is C12H9BrCl2N2. The molecule has 0 aliphatic carbocycles. The predicted octanol–water partition coefficient (Wildman–Crippen LogP) is 4.78. The highest BCUT2D eigenvalue weighted by atomic mass is 79.9.